The first-order valence-corrected chi connectivity index (χ1v) is 4.54. The number of allylic oxidation sites excluding steroid dienone is 1. The van der Waals surface area contributed by atoms with Gasteiger partial charge in [0.2, 0.25) is 0 Å². The van der Waals surface area contributed by atoms with E-state index >= 15 is 0 Å². The molecule has 1 nitrogen and oxygen atoms in total. The molecule has 0 saturated heterocycles. The van der Waals surface area contributed by atoms with Crippen molar-refractivity contribution in [2.45, 2.75) is 38.7 Å². The SMILES string of the molecule is C=CC[C@H]1[C@H](C)CCC[C@@H]1O. The number of hydrogen-bond acceptors (Lipinski definition) is 1. The maximum absolute atomic E-state index is 9.62. The lowest BCUT2D eigenvalue weighted by atomic mass is 9.77. The van der Waals surface area contributed by atoms with Crippen LogP contribution in [0.15, 0.2) is 12.7 Å². The van der Waals surface area contributed by atoms with Gasteiger partial charge >= 0.3 is 0 Å². The molecular formula is C10H18O. The Bertz CT molecular complexity index is 121. The van der Waals surface area contributed by atoms with Gasteiger partial charge in [-0.1, -0.05) is 25.8 Å². The van der Waals surface area contributed by atoms with Gasteiger partial charge in [-0.25, -0.2) is 0 Å². The summed E-state index contributed by atoms with van der Waals surface area (Å²) in [6, 6.07) is 0. The highest BCUT2D eigenvalue weighted by Crippen LogP contribution is 2.32. The normalized spacial score (nSPS) is 38.5. The van der Waals surface area contributed by atoms with Crippen molar-refractivity contribution in [1.82, 2.24) is 0 Å². The summed E-state index contributed by atoms with van der Waals surface area (Å²) < 4.78 is 0. The molecule has 0 aliphatic heterocycles. The summed E-state index contributed by atoms with van der Waals surface area (Å²) in [6.07, 6.45) is 6.28. The van der Waals surface area contributed by atoms with E-state index in [1.54, 1.807) is 0 Å². The van der Waals surface area contributed by atoms with Gasteiger partial charge in [0.25, 0.3) is 0 Å². The fourth-order valence-corrected chi connectivity index (χ4v) is 2.04. The number of rotatable bonds is 2. The van der Waals surface area contributed by atoms with Crippen molar-refractivity contribution in [2.24, 2.45) is 11.8 Å². The summed E-state index contributed by atoms with van der Waals surface area (Å²) in [5.74, 6) is 1.15. The molecule has 1 saturated carbocycles. The smallest absolute Gasteiger partial charge is 0.0573 e. The molecule has 1 rings (SSSR count). The van der Waals surface area contributed by atoms with Crippen LogP contribution in [0.1, 0.15) is 32.6 Å². The van der Waals surface area contributed by atoms with Gasteiger partial charge in [0.15, 0.2) is 0 Å². The highest BCUT2D eigenvalue weighted by atomic mass is 16.3. The number of aliphatic hydroxyl groups is 1. The molecule has 0 amide bonds. The van der Waals surface area contributed by atoms with Crippen LogP contribution in [0.4, 0.5) is 0 Å². The van der Waals surface area contributed by atoms with Crippen LogP contribution in [-0.4, -0.2) is 11.2 Å². The Balaban J connectivity index is 2.47. The van der Waals surface area contributed by atoms with Crippen molar-refractivity contribution in [3.8, 4) is 0 Å². The second-order valence-electron chi connectivity index (χ2n) is 3.66. The molecule has 3 atom stereocenters. The molecular weight excluding hydrogens is 136 g/mol. The predicted octanol–water partition coefficient (Wildman–Crippen LogP) is 2.36. The van der Waals surface area contributed by atoms with E-state index in [4.69, 9.17) is 0 Å². The Morgan fingerprint density at radius 3 is 2.82 bits per heavy atom. The van der Waals surface area contributed by atoms with Crippen LogP contribution in [0.5, 0.6) is 0 Å². The zero-order valence-corrected chi connectivity index (χ0v) is 7.29. The standard InChI is InChI=1S/C10H18O/c1-3-5-9-8(2)6-4-7-10(9)11/h3,8-11H,1,4-7H2,2H3/t8-,9+,10+/m1/s1. The third kappa shape index (κ3) is 2.06. The molecule has 0 unspecified atom stereocenters. The van der Waals surface area contributed by atoms with E-state index in [2.05, 4.69) is 13.5 Å². The minimum absolute atomic E-state index is 0.0725. The fourth-order valence-electron chi connectivity index (χ4n) is 2.04. The van der Waals surface area contributed by atoms with Crippen molar-refractivity contribution < 1.29 is 5.11 Å². The molecule has 0 aromatic carbocycles. The van der Waals surface area contributed by atoms with Gasteiger partial charge in [0, 0.05) is 0 Å². The summed E-state index contributed by atoms with van der Waals surface area (Å²) >= 11 is 0. The zero-order valence-electron chi connectivity index (χ0n) is 7.29. The summed E-state index contributed by atoms with van der Waals surface area (Å²) in [4.78, 5) is 0. The largest absolute Gasteiger partial charge is 0.393 e. The van der Waals surface area contributed by atoms with E-state index in [-0.39, 0.29) is 6.10 Å². The van der Waals surface area contributed by atoms with Crippen LogP contribution in [0, 0.1) is 11.8 Å². The lowest BCUT2D eigenvalue weighted by molar-refractivity contribution is 0.0401. The minimum atomic E-state index is -0.0725. The first-order chi connectivity index (χ1) is 5.25. The first-order valence-electron chi connectivity index (χ1n) is 4.54. The lowest BCUT2D eigenvalue weighted by Crippen LogP contribution is -2.30. The van der Waals surface area contributed by atoms with Crippen LogP contribution in [0.3, 0.4) is 0 Å². The van der Waals surface area contributed by atoms with Gasteiger partial charge < -0.3 is 5.11 Å². The number of hydrogen-bond donors (Lipinski definition) is 1. The maximum atomic E-state index is 9.62. The van der Waals surface area contributed by atoms with Gasteiger partial charge in [0.05, 0.1) is 6.10 Å². The Morgan fingerprint density at radius 1 is 1.55 bits per heavy atom. The topological polar surface area (TPSA) is 20.2 Å². The van der Waals surface area contributed by atoms with E-state index in [0.29, 0.717) is 11.8 Å². The molecule has 1 aliphatic carbocycles. The van der Waals surface area contributed by atoms with E-state index in [1.807, 2.05) is 6.08 Å². The second kappa shape index (κ2) is 3.91. The average Bonchev–Trinajstić information content (AvgIpc) is 1.97. The van der Waals surface area contributed by atoms with Crippen LogP contribution in [0.2, 0.25) is 0 Å². The summed E-state index contributed by atoms with van der Waals surface area (Å²) in [5.41, 5.74) is 0. The molecule has 1 fully saturated rings. The molecule has 1 N–H and O–H groups in total. The molecule has 0 aromatic rings. The quantitative estimate of drug-likeness (QED) is 0.605. The summed E-state index contributed by atoms with van der Waals surface area (Å²) in [5, 5.41) is 9.62. The van der Waals surface area contributed by atoms with Gasteiger partial charge in [-0.05, 0) is 24.7 Å². The van der Waals surface area contributed by atoms with Gasteiger partial charge in [-0.2, -0.15) is 0 Å². The van der Waals surface area contributed by atoms with E-state index in [0.717, 1.165) is 12.8 Å². The highest BCUT2D eigenvalue weighted by Gasteiger charge is 2.27. The van der Waals surface area contributed by atoms with Gasteiger partial charge in [-0.15, -0.1) is 6.58 Å². The zero-order chi connectivity index (χ0) is 8.27. The Labute approximate surface area is 69.1 Å². The van der Waals surface area contributed by atoms with Crippen LogP contribution in [-0.2, 0) is 0 Å². The molecule has 11 heavy (non-hydrogen) atoms. The predicted molar refractivity (Wildman–Crippen MR) is 47.3 cm³/mol. The number of aliphatic hydroxyl groups excluding tert-OH is 1. The molecule has 64 valence electrons. The Hall–Kier alpha value is -0.300. The molecule has 1 heteroatoms. The third-order valence-electron chi connectivity index (χ3n) is 2.82. The van der Waals surface area contributed by atoms with E-state index < -0.39 is 0 Å². The minimum Gasteiger partial charge on any atom is -0.393 e. The molecule has 0 heterocycles. The lowest BCUT2D eigenvalue weighted by Gasteiger charge is -2.32. The Kier molecular flexibility index (Phi) is 3.13. The van der Waals surface area contributed by atoms with Crippen molar-refractivity contribution in [2.75, 3.05) is 0 Å². The van der Waals surface area contributed by atoms with Crippen LogP contribution in [0.25, 0.3) is 0 Å². The maximum Gasteiger partial charge on any atom is 0.0573 e. The summed E-state index contributed by atoms with van der Waals surface area (Å²) in [6.45, 7) is 5.95. The second-order valence-corrected chi connectivity index (χ2v) is 3.66. The van der Waals surface area contributed by atoms with Crippen LogP contribution >= 0.6 is 0 Å². The molecule has 1 aliphatic rings. The molecule has 0 aromatic heterocycles. The van der Waals surface area contributed by atoms with E-state index in [1.165, 1.54) is 12.8 Å². The van der Waals surface area contributed by atoms with Gasteiger partial charge in [0.1, 0.15) is 0 Å². The summed E-state index contributed by atoms with van der Waals surface area (Å²) in [7, 11) is 0. The third-order valence-corrected chi connectivity index (χ3v) is 2.82. The van der Waals surface area contributed by atoms with Crippen molar-refractivity contribution in [3.63, 3.8) is 0 Å². The Morgan fingerprint density at radius 2 is 2.27 bits per heavy atom. The van der Waals surface area contributed by atoms with Gasteiger partial charge in [-0.3, -0.25) is 0 Å². The monoisotopic (exact) mass is 154 g/mol. The fraction of sp³-hybridized carbons (Fsp3) is 0.800. The van der Waals surface area contributed by atoms with Crippen molar-refractivity contribution >= 4 is 0 Å². The first kappa shape index (κ1) is 8.79. The van der Waals surface area contributed by atoms with E-state index in [9.17, 15) is 5.11 Å². The average molecular weight is 154 g/mol. The van der Waals surface area contributed by atoms with Crippen molar-refractivity contribution in [3.05, 3.63) is 12.7 Å². The van der Waals surface area contributed by atoms with Crippen molar-refractivity contribution in [1.29, 1.82) is 0 Å². The highest BCUT2D eigenvalue weighted by molar-refractivity contribution is 4.84. The van der Waals surface area contributed by atoms with Crippen LogP contribution < -0.4 is 0 Å². The molecule has 0 bridgehead atoms. The molecule has 0 radical (unpaired) electrons. The molecule has 0 spiro atoms.